The van der Waals surface area contributed by atoms with E-state index >= 15 is 0 Å². The van der Waals surface area contributed by atoms with E-state index in [1.165, 1.54) is 4.68 Å². The second-order valence-electron chi connectivity index (χ2n) is 6.41. The summed E-state index contributed by atoms with van der Waals surface area (Å²) in [6, 6.07) is 20.2. The third-order valence-corrected chi connectivity index (χ3v) is 4.45. The monoisotopic (exact) mass is 367 g/mol. The molecule has 0 aliphatic heterocycles. The number of nitrogens with one attached hydrogen (secondary N) is 2. The fourth-order valence-corrected chi connectivity index (χ4v) is 3.06. The fraction of sp³-hybridized carbons (Fsp3) is 0.0455. The quantitative estimate of drug-likeness (QED) is 0.328. The molecule has 0 amide bonds. The Bertz CT molecular complexity index is 1260. The van der Waals surface area contributed by atoms with Gasteiger partial charge < -0.3 is 0 Å². The molecule has 0 saturated heterocycles. The van der Waals surface area contributed by atoms with Crippen LogP contribution in [0.3, 0.4) is 0 Å². The van der Waals surface area contributed by atoms with Gasteiger partial charge in [0.2, 0.25) is 0 Å². The lowest BCUT2D eigenvalue weighted by Gasteiger charge is -2.10. The van der Waals surface area contributed by atoms with E-state index in [0.29, 0.717) is 17.7 Å². The molecule has 6 heteroatoms. The molecule has 0 atom stereocenters. The number of hydrogen-bond acceptors (Lipinski definition) is 5. The molecule has 0 radical (unpaired) electrons. The van der Waals surface area contributed by atoms with E-state index in [2.05, 4.69) is 10.1 Å². The van der Waals surface area contributed by atoms with Crippen LogP contribution in [0.2, 0.25) is 0 Å². The van der Waals surface area contributed by atoms with Gasteiger partial charge >= 0.3 is 0 Å². The Morgan fingerprint density at radius 1 is 1.04 bits per heavy atom. The number of hydrogen-bond donors (Lipinski definition) is 2. The lowest BCUT2D eigenvalue weighted by atomic mass is 10.1. The molecule has 0 unspecified atom stereocenters. The highest BCUT2D eigenvalue weighted by Gasteiger charge is 2.08. The Balaban J connectivity index is 1.66. The first kappa shape index (κ1) is 17.5. The predicted molar refractivity (Wildman–Crippen MR) is 107 cm³/mol. The van der Waals surface area contributed by atoms with E-state index in [1.54, 1.807) is 36.5 Å². The highest BCUT2D eigenvalue weighted by Crippen LogP contribution is 2.17. The normalized spacial score (nSPS) is 10.7. The molecule has 2 aromatic heterocycles. The number of carbonyl (C=O) groups is 1. The van der Waals surface area contributed by atoms with Crippen molar-refractivity contribution in [3.63, 3.8) is 0 Å². The zero-order valence-corrected chi connectivity index (χ0v) is 15.0. The average molecular weight is 367 g/mol. The van der Waals surface area contributed by atoms with Crippen LogP contribution in [0.1, 0.15) is 15.9 Å². The maximum absolute atomic E-state index is 11.0. The van der Waals surface area contributed by atoms with Gasteiger partial charge in [0.1, 0.15) is 17.6 Å². The lowest BCUT2D eigenvalue weighted by molar-refractivity contribution is 0.112. The second-order valence-corrected chi connectivity index (χ2v) is 6.41. The minimum Gasteiger partial charge on any atom is -0.298 e. The van der Waals surface area contributed by atoms with Gasteiger partial charge in [0.05, 0.1) is 11.2 Å². The molecule has 2 heterocycles. The van der Waals surface area contributed by atoms with Crippen molar-refractivity contribution in [1.82, 2.24) is 14.8 Å². The summed E-state index contributed by atoms with van der Waals surface area (Å²) >= 11 is 0. The highest BCUT2D eigenvalue weighted by molar-refractivity contribution is 5.85. The number of nitrogens with zero attached hydrogens (tertiary/aromatic N) is 3. The number of fused-ring (bicyclic) bond motifs is 1. The summed E-state index contributed by atoms with van der Waals surface area (Å²) in [5.41, 5.74) is 3.91. The molecule has 4 rings (SSSR count). The van der Waals surface area contributed by atoms with Gasteiger partial charge in [-0.3, -0.25) is 20.6 Å². The smallest absolute Gasteiger partial charge is 0.150 e. The second kappa shape index (κ2) is 7.36. The first-order valence-electron chi connectivity index (χ1n) is 8.76. The summed E-state index contributed by atoms with van der Waals surface area (Å²) < 4.78 is 1.32. The van der Waals surface area contributed by atoms with Crippen molar-refractivity contribution in [2.24, 2.45) is 0 Å². The van der Waals surface area contributed by atoms with Crippen molar-refractivity contribution < 1.29 is 4.79 Å². The predicted octanol–water partition coefficient (Wildman–Crippen LogP) is 3.46. The maximum Gasteiger partial charge on any atom is 0.150 e. The van der Waals surface area contributed by atoms with Crippen molar-refractivity contribution in [2.75, 3.05) is 0 Å². The van der Waals surface area contributed by atoms with E-state index < -0.39 is 0 Å². The molecule has 28 heavy (non-hydrogen) atoms. The third-order valence-electron chi connectivity index (χ3n) is 4.45. The maximum atomic E-state index is 11.0. The fourth-order valence-electron chi connectivity index (χ4n) is 3.06. The largest absolute Gasteiger partial charge is 0.298 e. The minimum absolute atomic E-state index is 0.128. The van der Waals surface area contributed by atoms with Gasteiger partial charge in [0, 0.05) is 29.1 Å². The Hall–Kier alpha value is -3.93. The molecular formula is C22H17N5O. The standard InChI is InChI=1S/C22H17N5O/c23-21-9-8-20(18-4-1-3-16(12-18)14-28)26-27(21)22(24)13-15-6-7-19-17(11-15)5-2-10-25-19/h1-12,14,23-24H,13H2. The van der Waals surface area contributed by atoms with E-state index in [9.17, 15) is 4.79 Å². The molecule has 0 aliphatic rings. The van der Waals surface area contributed by atoms with Crippen LogP contribution in [0, 0.1) is 10.8 Å². The summed E-state index contributed by atoms with van der Waals surface area (Å²) in [6.45, 7) is 0. The van der Waals surface area contributed by atoms with Crippen LogP contribution in [-0.4, -0.2) is 26.9 Å². The summed E-state index contributed by atoms with van der Waals surface area (Å²) in [6.07, 6.45) is 2.88. The molecule has 136 valence electrons. The van der Waals surface area contributed by atoms with E-state index in [4.69, 9.17) is 10.8 Å². The molecule has 2 aromatic carbocycles. The molecular weight excluding hydrogens is 350 g/mol. The SMILES string of the molecule is N=C(Cc1ccc2ncccc2c1)n1nc(-c2cccc(C=O)c2)ccc1=N. The van der Waals surface area contributed by atoms with Gasteiger partial charge in [0.25, 0.3) is 0 Å². The van der Waals surface area contributed by atoms with Crippen LogP contribution in [0.4, 0.5) is 0 Å². The summed E-state index contributed by atoms with van der Waals surface area (Å²) in [7, 11) is 0. The van der Waals surface area contributed by atoms with Gasteiger partial charge in [-0.05, 0) is 42.0 Å². The zero-order valence-electron chi connectivity index (χ0n) is 15.0. The van der Waals surface area contributed by atoms with Crippen LogP contribution < -0.4 is 5.49 Å². The van der Waals surface area contributed by atoms with Crippen molar-refractivity contribution in [3.05, 3.63) is 89.5 Å². The first-order chi connectivity index (χ1) is 13.6. The summed E-state index contributed by atoms with van der Waals surface area (Å²) in [5, 5.41) is 22.1. The van der Waals surface area contributed by atoms with Crippen molar-refractivity contribution in [3.8, 4) is 11.3 Å². The van der Waals surface area contributed by atoms with E-state index in [0.717, 1.165) is 28.3 Å². The van der Waals surface area contributed by atoms with Crippen LogP contribution >= 0.6 is 0 Å². The number of aromatic nitrogens is 3. The van der Waals surface area contributed by atoms with Gasteiger partial charge in [-0.1, -0.05) is 30.3 Å². The molecule has 0 aliphatic carbocycles. The van der Waals surface area contributed by atoms with Crippen molar-refractivity contribution >= 4 is 23.0 Å². The van der Waals surface area contributed by atoms with Crippen molar-refractivity contribution in [1.29, 1.82) is 10.8 Å². The summed E-state index contributed by atoms with van der Waals surface area (Å²) in [4.78, 5) is 15.3. The molecule has 0 spiro atoms. The molecule has 2 N–H and O–H groups in total. The number of carbonyl (C=O) groups excluding carboxylic acids is 1. The number of benzene rings is 2. The van der Waals surface area contributed by atoms with Crippen molar-refractivity contribution in [2.45, 2.75) is 6.42 Å². The summed E-state index contributed by atoms with van der Waals surface area (Å²) in [5.74, 6) is 0.196. The molecule has 0 bridgehead atoms. The molecule has 4 aromatic rings. The zero-order chi connectivity index (χ0) is 19.5. The Morgan fingerprint density at radius 3 is 2.79 bits per heavy atom. The van der Waals surface area contributed by atoms with Crippen LogP contribution in [0.5, 0.6) is 0 Å². The van der Waals surface area contributed by atoms with Gasteiger partial charge in [-0.25, -0.2) is 4.68 Å². The van der Waals surface area contributed by atoms with Gasteiger partial charge in [0.15, 0.2) is 0 Å². The Kier molecular flexibility index (Phi) is 4.60. The van der Waals surface area contributed by atoms with Crippen LogP contribution in [-0.2, 0) is 6.42 Å². The van der Waals surface area contributed by atoms with E-state index in [-0.39, 0.29) is 11.3 Å². The number of pyridine rings is 1. The van der Waals surface area contributed by atoms with Crippen LogP contribution in [0.25, 0.3) is 22.2 Å². The van der Waals surface area contributed by atoms with E-state index in [1.807, 2.05) is 36.4 Å². The Morgan fingerprint density at radius 2 is 1.93 bits per heavy atom. The third kappa shape index (κ3) is 3.48. The number of rotatable bonds is 4. The molecule has 0 fully saturated rings. The Labute approximate surface area is 161 Å². The highest BCUT2D eigenvalue weighted by atomic mass is 16.1. The topological polar surface area (TPSA) is 95.5 Å². The number of aldehydes is 1. The van der Waals surface area contributed by atoms with Gasteiger partial charge in [-0.15, -0.1) is 0 Å². The lowest BCUT2D eigenvalue weighted by Crippen LogP contribution is -2.30. The minimum atomic E-state index is 0.128. The molecule has 0 saturated carbocycles. The average Bonchev–Trinajstić information content (AvgIpc) is 2.74. The van der Waals surface area contributed by atoms with Crippen LogP contribution in [0.15, 0.2) is 72.9 Å². The molecule has 6 nitrogen and oxygen atoms in total. The van der Waals surface area contributed by atoms with Gasteiger partial charge in [-0.2, -0.15) is 5.10 Å². The first-order valence-corrected chi connectivity index (χ1v) is 8.76.